The van der Waals surface area contributed by atoms with Gasteiger partial charge < -0.3 is 20.1 Å². The summed E-state index contributed by atoms with van der Waals surface area (Å²) in [7, 11) is 1.47. The van der Waals surface area contributed by atoms with Crippen molar-refractivity contribution < 1.29 is 23.9 Å². The molecular formula is C22H26N4O5. The number of aryl methyl sites for hydroxylation is 1. The van der Waals surface area contributed by atoms with Gasteiger partial charge in [-0.05, 0) is 54.8 Å². The van der Waals surface area contributed by atoms with Crippen molar-refractivity contribution in [3.05, 3.63) is 53.6 Å². The predicted molar refractivity (Wildman–Crippen MR) is 117 cm³/mol. The molecule has 0 fully saturated rings. The monoisotopic (exact) mass is 426 g/mol. The van der Waals surface area contributed by atoms with Gasteiger partial charge in [-0.15, -0.1) is 0 Å². The number of benzene rings is 2. The Morgan fingerprint density at radius 3 is 2.39 bits per heavy atom. The van der Waals surface area contributed by atoms with Crippen molar-refractivity contribution in [2.24, 2.45) is 5.10 Å². The number of methoxy groups -OCH3 is 1. The van der Waals surface area contributed by atoms with Gasteiger partial charge in [-0.3, -0.25) is 14.4 Å². The summed E-state index contributed by atoms with van der Waals surface area (Å²) in [6.07, 6.45) is 2.29. The first-order valence-corrected chi connectivity index (χ1v) is 9.77. The molecule has 3 amide bonds. The number of nitrogens with zero attached hydrogens (tertiary/aromatic N) is 1. The number of anilines is 1. The number of ether oxygens (including phenoxy) is 2. The van der Waals surface area contributed by atoms with Crippen LogP contribution in [-0.4, -0.2) is 44.2 Å². The van der Waals surface area contributed by atoms with E-state index in [-0.39, 0.29) is 12.5 Å². The largest absolute Gasteiger partial charge is 0.493 e. The molecule has 0 saturated carbocycles. The van der Waals surface area contributed by atoms with E-state index in [9.17, 15) is 14.4 Å². The van der Waals surface area contributed by atoms with E-state index in [0.717, 1.165) is 6.42 Å². The molecule has 0 spiro atoms. The van der Waals surface area contributed by atoms with Crippen molar-refractivity contribution >= 4 is 29.6 Å². The van der Waals surface area contributed by atoms with E-state index in [2.05, 4.69) is 28.1 Å². The first-order valence-electron chi connectivity index (χ1n) is 9.77. The lowest BCUT2D eigenvalue weighted by Crippen LogP contribution is -2.37. The van der Waals surface area contributed by atoms with Gasteiger partial charge in [0.15, 0.2) is 18.1 Å². The van der Waals surface area contributed by atoms with Crippen LogP contribution in [0.1, 0.15) is 25.0 Å². The summed E-state index contributed by atoms with van der Waals surface area (Å²) in [5, 5.41) is 8.88. The number of carbonyl (C=O) groups is 3. The average Bonchev–Trinajstić information content (AvgIpc) is 2.78. The molecule has 2 rings (SSSR count). The number of carbonyl (C=O) groups excluding carboxylic acids is 3. The lowest BCUT2D eigenvalue weighted by molar-refractivity contribution is -0.139. The maximum atomic E-state index is 12.1. The third kappa shape index (κ3) is 7.46. The minimum Gasteiger partial charge on any atom is -0.493 e. The highest BCUT2D eigenvalue weighted by Gasteiger charge is 2.11. The van der Waals surface area contributed by atoms with Gasteiger partial charge in [0, 0.05) is 12.2 Å². The molecule has 0 heterocycles. The fourth-order valence-electron chi connectivity index (χ4n) is 2.50. The third-order valence-electron chi connectivity index (χ3n) is 4.12. The zero-order valence-electron chi connectivity index (χ0n) is 17.7. The molecule has 2 aromatic carbocycles. The number of nitrogens with one attached hydrogen (secondary N) is 3. The van der Waals surface area contributed by atoms with E-state index >= 15 is 0 Å². The molecule has 0 saturated heterocycles. The lowest BCUT2D eigenvalue weighted by atomic mass is 10.1. The number of hydrazone groups is 1. The van der Waals surface area contributed by atoms with Crippen LogP contribution in [0, 0.1) is 0 Å². The molecule has 31 heavy (non-hydrogen) atoms. The van der Waals surface area contributed by atoms with Crippen molar-refractivity contribution in [1.29, 1.82) is 0 Å². The van der Waals surface area contributed by atoms with Crippen LogP contribution in [0.15, 0.2) is 47.6 Å². The Morgan fingerprint density at radius 2 is 1.74 bits per heavy atom. The van der Waals surface area contributed by atoms with E-state index in [1.165, 1.54) is 18.9 Å². The summed E-state index contributed by atoms with van der Waals surface area (Å²) < 4.78 is 10.8. The van der Waals surface area contributed by atoms with E-state index in [1.54, 1.807) is 25.1 Å². The number of likely N-dealkylation sites (N-methyl/N-ethyl adjacent to an activating group) is 1. The van der Waals surface area contributed by atoms with Crippen LogP contribution in [0.2, 0.25) is 0 Å². The smallest absolute Gasteiger partial charge is 0.329 e. The molecule has 9 nitrogen and oxygen atoms in total. The first-order chi connectivity index (χ1) is 15.0. The summed E-state index contributed by atoms with van der Waals surface area (Å²) in [4.78, 5) is 35.0. The Labute approximate surface area is 180 Å². The van der Waals surface area contributed by atoms with E-state index in [4.69, 9.17) is 9.47 Å². The molecule has 0 radical (unpaired) electrons. The highest BCUT2D eigenvalue weighted by molar-refractivity contribution is 6.35. The molecule has 0 aliphatic carbocycles. The van der Waals surface area contributed by atoms with Gasteiger partial charge in [-0.2, -0.15) is 5.10 Å². The summed E-state index contributed by atoms with van der Waals surface area (Å²) in [6.45, 7) is 3.92. The summed E-state index contributed by atoms with van der Waals surface area (Å²) >= 11 is 0. The molecule has 0 unspecified atom stereocenters. The molecule has 9 heteroatoms. The second-order valence-electron chi connectivity index (χ2n) is 6.36. The summed E-state index contributed by atoms with van der Waals surface area (Å²) in [6, 6.07) is 12.5. The van der Waals surface area contributed by atoms with Gasteiger partial charge in [0.25, 0.3) is 5.91 Å². The fourth-order valence-corrected chi connectivity index (χ4v) is 2.50. The second-order valence-corrected chi connectivity index (χ2v) is 6.36. The predicted octanol–water partition coefficient (Wildman–Crippen LogP) is 1.86. The minimum atomic E-state index is -0.861. The lowest BCUT2D eigenvalue weighted by Gasteiger charge is -2.11. The summed E-state index contributed by atoms with van der Waals surface area (Å²) in [5.41, 5.74) is 4.61. The van der Waals surface area contributed by atoms with Crippen molar-refractivity contribution in [1.82, 2.24) is 10.7 Å². The summed E-state index contributed by atoms with van der Waals surface area (Å²) in [5.74, 6) is -1.16. The molecule has 0 aromatic heterocycles. The minimum absolute atomic E-state index is 0.193. The number of hydrogen-bond acceptors (Lipinski definition) is 6. The van der Waals surface area contributed by atoms with Crippen molar-refractivity contribution in [3.63, 3.8) is 0 Å². The molecule has 164 valence electrons. The van der Waals surface area contributed by atoms with E-state index in [1.807, 2.05) is 24.3 Å². The standard InChI is InChI=1S/C22H26N4O5/c1-4-15-6-9-17(10-7-15)25-20(27)14-31-18-11-8-16(12-19(18)30-3)13-24-26-22(29)21(28)23-5-2/h6-13H,4-5,14H2,1-3H3,(H,23,28)(H,25,27)(H,26,29)/b24-13-. The fraction of sp³-hybridized carbons (Fsp3) is 0.273. The highest BCUT2D eigenvalue weighted by Crippen LogP contribution is 2.27. The van der Waals surface area contributed by atoms with Gasteiger partial charge in [0.1, 0.15) is 0 Å². The maximum Gasteiger partial charge on any atom is 0.329 e. The van der Waals surface area contributed by atoms with Crippen molar-refractivity contribution in [2.45, 2.75) is 20.3 Å². The van der Waals surface area contributed by atoms with Gasteiger partial charge in [-0.25, -0.2) is 5.43 Å². The van der Waals surface area contributed by atoms with Crippen molar-refractivity contribution in [3.8, 4) is 11.5 Å². The highest BCUT2D eigenvalue weighted by atomic mass is 16.5. The number of hydrogen-bond donors (Lipinski definition) is 3. The Morgan fingerprint density at radius 1 is 1.00 bits per heavy atom. The Kier molecular flexibility index (Phi) is 9.03. The van der Waals surface area contributed by atoms with Crippen molar-refractivity contribution in [2.75, 3.05) is 25.6 Å². The number of amides is 3. The second kappa shape index (κ2) is 12.0. The van der Waals surface area contributed by atoms with Crippen LogP contribution in [-0.2, 0) is 20.8 Å². The topological polar surface area (TPSA) is 118 Å². The molecule has 0 atom stereocenters. The Balaban J connectivity index is 1.91. The van der Waals surface area contributed by atoms with Crippen LogP contribution >= 0.6 is 0 Å². The molecule has 2 aromatic rings. The average molecular weight is 426 g/mol. The zero-order valence-corrected chi connectivity index (χ0v) is 17.7. The van der Waals surface area contributed by atoms with Crippen LogP contribution in [0.3, 0.4) is 0 Å². The molecule has 0 aliphatic rings. The number of rotatable bonds is 9. The van der Waals surface area contributed by atoms with Gasteiger partial charge in [-0.1, -0.05) is 19.1 Å². The maximum absolute atomic E-state index is 12.1. The molecule has 3 N–H and O–H groups in total. The van der Waals surface area contributed by atoms with E-state index in [0.29, 0.717) is 29.3 Å². The van der Waals surface area contributed by atoms with Gasteiger partial charge in [0.05, 0.1) is 13.3 Å². The van der Waals surface area contributed by atoms with Crippen LogP contribution < -0.4 is 25.5 Å². The van der Waals surface area contributed by atoms with Gasteiger partial charge in [0.2, 0.25) is 0 Å². The Hall–Kier alpha value is -3.88. The third-order valence-corrected chi connectivity index (χ3v) is 4.12. The van der Waals surface area contributed by atoms with E-state index < -0.39 is 11.8 Å². The quantitative estimate of drug-likeness (QED) is 0.321. The zero-order chi connectivity index (χ0) is 22.6. The van der Waals surface area contributed by atoms with Crippen LogP contribution in [0.5, 0.6) is 11.5 Å². The Bertz CT molecular complexity index is 941. The molecular weight excluding hydrogens is 400 g/mol. The SMILES string of the molecule is CCNC(=O)C(=O)N/N=C\c1ccc(OCC(=O)Nc2ccc(CC)cc2)c(OC)c1. The first kappa shape index (κ1) is 23.4. The van der Waals surface area contributed by atoms with Gasteiger partial charge >= 0.3 is 11.8 Å². The van der Waals surface area contributed by atoms with Crippen LogP contribution in [0.4, 0.5) is 5.69 Å². The normalized spacial score (nSPS) is 10.4. The molecule has 0 aliphatic heterocycles. The molecule has 0 bridgehead atoms. The van der Waals surface area contributed by atoms with Crippen LogP contribution in [0.25, 0.3) is 0 Å².